The molecule has 5 rings (SSSR count). The van der Waals surface area contributed by atoms with Crippen LogP contribution in [0.25, 0.3) is 11.0 Å². The fourth-order valence-corrected chi connectivity index (χ4v) is 3.27. The highest BCUT2D eigenvalue weighted by molar-refractivity contribution is 5.94. The summed E-state index contributed by atoms with van der Waals surface area (Å²) < 4.78 is 5.26. The van der Waals surface area contributed by atoms with Crippen molar-refractivity contribution in [3.63, 3.8) is 0 Å². The van der Waals surface area contributed by atoms with Gasteiger partial charge in [-0.1, -0.05) is 23.4 Å². The van der Waals surface area contributed by atoms with Crippen molar-refractivity contribution in [3.05, 3.63) is 91.0 Å². The van der Waals surface area contributed by atoms with E-state index in [1.54, 1.807) is 12.3 Å². The van der Waals surface area contributed by atoms with Crippen LogP contribution in [0.15, 0.2) is 89.8 Å². The summed E-state index contributed by atoms with van der Waals surface area (Å²) >= 11 is 0. The molecule has 3 heterocycles. The normalized spacial score (nSPS) is 10.7. The van der Waals surface area contributed by atoms with Gasteiger partial charge in [-0.15, -0.1) is 0 Å². The third-order valence-electron chi connectivity index (χ3n) is 4.81. The third-order valence-corrected chi connectivity index (χ3v) is 4.81. The van der Waals surface area contributed by atoms with E-state index in [9.17, 15) is 4.79 Å². The molecular weight excluding hydrogens is 418 g/mol. The quantitative estimate of drug-likeness (QED) is 0.336. The van der Waals surface area contributed by atoms with Gasteiger partial charge in [0.25, 0.3) is 0 Å². The van der Waals surface area contributed by atoms with E-state index < -0.39 is 0 Å². The highest BCUT2D eigenvalue weighted by Gasteiger charge is 2.12. The molecule has 0 radical (unpaired) electrons. The summed E-state index contributed by atoms with van der Waals surface area (Å²) in [4.78, 5) is 25.1. The first-order chi connectivity index (χ1) is 16.2. The van der Waals surface area contributed by atoms with Crippen molar-refractivity contribution in [1.29, 1.82) is 0 Å². The van der Waals surface area contributed by atoms with Gasteiger partial charge in [0.05, 0.1) is 6.42 Å². The van der Waals surface area contributed by atoms with Crippen molar-refractivity contribution in [1.82, 2.24) is 20.1 Å². The molecule has 0 spiro atoms. The number of anilines is 5. The second kappa shape index (κ2) is 9.15. The lowest BCUT2D eigenvalue weighted by Gasteiger charge is -2.09. The van der Waals surface area contributed by atoms with Crippen molar-refractivity contribution < 1.29 is 9.32 Å². The zero-order chi connectivity index (χ0) is 22.5. The number of hydrogen-bond acceptors (Lipinski definition) is 8. The van der Waals surface area contributed by atoms with Crippen LogP contribution in [0.2, 0.25) is 0 Å². The zero-order valence-electron chi connectivity index (χ0n) is 17.4. The van der Waals surface area contributed by atoms with Gasteiger partial charge in [0.15, 0.2) is 5.58 Å². The Hall–Kier alpha value is -4.79. The lowest BCUT2D eigenvalue weighted by molar-refractivity contribution is -0.115. The van der Waals surface area contributed by atoms with Gasteiger partial charge in [-0.25, -0.2) is 15.0 Å². The van der Waals surface area contributed by atoms with E-state index in [1.807, 2.05) is 66.7 Å². The van der Waals surface area contributed by atoms with Gasteiger partial charge in [-0.2, -0.15) is 0 Å². The van der Waals surface area contributed by atoms with Crippen LogP contribution in [-0.4, -0.2) is 26.0 Å². The number of benzene rings is 2. The molecule has 9 heteroatoms. The smallest absolute Gasteiger partial charge is 0.230 e. The Morgan fingerprint density at radius 2 is 1.55 bits per heavy atom. The first-order valence-corrected chi connectivity index (χ1v) is 10.2. The molecule has 0 unspecified atom stereocenters. The Morgan fingerprint density at radius 1 is 0.788 bits per heavy atom. The van der Waals surface area contributed by atoms with Gasteiger partial charge in [-0.05, 0) is 48.5 Å². The summed E-state index contributed by atoms with van der Waals surface area (Å²) in [6.45, 7) is 0. The van der Waals surface area contributed by atoms with E-state index in [0.717, 1.165) is 11.1 Å². The SMILES string of the molecule is O=C(Cc1noc2ccccc12)Nc1ccc(Nc2cc(Nc3ccccn3)ncn2)cc1. The van der Waals surface area contributed by atoms with Crippen LogP contribution < -0.4 is 16.0 Å². The number of hydrogen-bond donors (Lipinski definition) is 3. The summed E-state index contributed by atoms with van der Waals surface area (Å²) in [6, 6.07) is 22.2. The Morgan fingerprint density at radius 3 is 2.36 bits per heavy atom. The summed E-state index contributed by atoms with van der Waals surface area (Å²) in [6.07, 6.45) is 3.30. The second-order valence-electron chi connectivity index (χ2n) is 7.18. The number of aromatic nitrogens is 4. The molecule has 2 aromatic carbocycles. The van der Waals surface area contributed by atoms with Crippen LogP contribution in [0.1, 0.15) is 5.69 Å². The highest BCUT2D eigenvalue weighted by atomic mass is 16.5. The van der Waals surface area contributed by atoms with E-state index in [0.29, 0.717) is 34.4 Å². The van der Waals surface area contributed by atoms with Gasteiger partial charge in [-0.3, -0.25) is 4.79 Å². The standard InChI is InChI=1S/C24H19N7O2/c32-24(13-19-18-5-1-2-6-20(18)33-31-19)29-17-10-8-16(9-11-17)28-22-14-23(27-15-26-22)30-21-7-3-4-12-25-21/h1-12,14-15H,13H2,(H,29,32)(H2,25,26,27,28,30). The number of carbonyl (C=O) groups excluding carboxylic acids is 1. The summed E-state index contributed by atoms with van der Waals surface area (Å²) in [5, 5.41) is 14.1. The Labute approximate surface area is 188 Å². The molecule has 3 aromatic heterocycles. The van der Waals surface area contributed by atoms with Crippen LogP contribution in [0.5, 0.6) is 0 Å². The molecule has 0 saturated heterocycles. The van der Waals surface area contributed by atoms with Crippen molar-refractivity contribution in [2.45, 2.75) is 6.42 Å². The lowest BCUT2D eigenvalue weighted by Crippen LogP contribution is -2.14. The van der Waals surface area contributed by atoms with Crippen molar-refractivity contribution >= 4 is 45.7 Å². The molecule has 0 saturated carbocycles. The Balaban J connectivity index is 1.20. The predicted molar refractivity (Wildman–Crippen MR) is 126 cm³/mol. The number of pyridine rings is 1. The monoisotopic (exact) mass is 437 g/mol. The number of nitrogens with one attached hydrogen (secondary N) is 3. The fourth-order valence-electron chi connectivity index (χ4n) is 3.27. The maximum atomic E-state index is 12.4. The van der Waals surface area contributed by atoms with E-state index in [2.05, 4.69) is 36.1 Å². The molecule has 1 amide bonds. The summed E-state index contributed by atoms with van der Waals surface area (Å²) in [5.74, 6) is 1.77. The van der Waals surface area contributed by atoms with Crippen LogP contribution in [0, 0.1) is 0 Å². The number of rotatable bonds is 7. The number of carbonyl (C=O) groups is 1. The summed E-state index contributed by atoms with van der Waals surface area (Å²) in [5.41, 5.74) is 2.77. The van der Waals surface area contributed by atoms with Crippen molar-refractivity contribution in [2.75, 3.05) is 16.0 Å². The van der Waals surface area contributed by atoms with E-state index in [4.69, 9.17) is 4.52 Å². The fraction of sp³-hybridized carbons (Fsp3) is 0.0417. The Bertz CT molecular complexity index is 1390. The van der Waals surface area contributed by atoms with Gasteiger partial charge < -0.3 is 20.5 Å². The molecule has 5 aromatic rings. The van der Waals surface area contributed by atoms with Gasteiger partial charge in [0.2, 0.25) is 5.91 Å². The van der Waals surface area contributed by atoms with Crippen molar-refractivity contribution in [3.8, 4) is 0 Å². The molecule has 3 N–H and O–H groups in total. The predicted octanol–water partition coefficient (Wildman–Crippen LogP) is 4.68. The molecular formula is C24H19N7O2. The molecule has 0 fully saturated rings. The minimum atomic E-state index is -0.171. The number of fused-ring (bicyclic) bond motifs is 1. The Kier molecular flexibility index (Phi) is 5.58. The lowest BCUT2D eigenvalue weighted by atomic mass is 10.1. The van der Waals surface area contributed by atoms with E-state index >= 15 is 0 Å². The molecule has 0 aliphatic rings. The molecule has 0 bridgehead atoms. The second-order valence-corrected chi connectivity index (χ2v) is 7.18. The van der Waals surface area contributed by atoms with Gasteiger partial charge >= 0.3 is 0 Å². The molecule has 0 aliphatic heterocycles. The maximum Gasteiger partial charge on any atom is 0.230 e. The minimum Gasteiger partial charge on any atom is -0.356 e. The topological polar surface area (TPSA) is 118 Å². The number of amides is 1. The third kappa shape index (κ3) is 4.93. The average Bonchev–Trinajstić information content (AvgIpc) is 3.24. The van der Waals surface area contributed by atoms with Gasteiger partial charge in [0, 0.05) is 29.0 Å². The first kappa shape index (κ1) is 20.1. The van der Waals surface area contributed by atoms with Crippen LogP contribution in [-0.2, 0) is 11.2 Å². The first-order valence-electron chi connectivity index (χ1n) is 10.2. The largest absolute Gasteiger partial charge is 0.356 e. The number of para-hydroxylation sites is 1. The van der Waals surface area contributed by atoms with Crippen molar-refractivity contribution in [2.24, 2.45) is 0 Å². The van der Waals surface area contributed by atoms with Crippen LogP contribution in [0.4, 0.5) is 28.8 Å². The van der Waals surface area contributed by atoms with E-state index in [1.165, 1.54) is 6.33 Å². The molecule has 0 aliphatic carbocycles. The molecule has 0 atom stereocenters. The van der Waals surface area contributed by atoms with Crippen LogP contribution >= 0.6 is 0 Å². The molecule has 162 valence electrons. The molecule has 9 nitrogen and oxygen atoms in total. The molecule has 33 heavy (non-hydrogen) atoms. The average molecular weight is 437 g/mol. The zero-order valence-corrected chi connectivity index (χ0v) is 17.4. The highest BCUT2D eigenvalue weighted by Crippen LogP contribution is 2.21. The van der Waals surface area contributed by atoms with E-state index in [-0.39, 0.29) is 12.3 Å². The van der Waals surface area contributed by atoms with Gasteiger partial charge in [0.1, 0.15) is 29.5 Å². The number of nitrogens with zero attached hydrogens (tertiary/aromatic N) is 4. The summed E-state index contributed by atoms with van der Waals surface area (Å²) in [7, 11) is 0. The van der Waals surface area contributed by atoms with Crippen LogP contribution in [0.3, 0.4) is 0 Å². The minimum absolute atomic E-state index is 0.129. The maximum absolute atomic E-state index is 12.4.